The van der Waals surface area contributed by atoms with Gasteiger partial charge >= 0.3 is 0 Å². The van der Waals surface area contributed by atoms with Crippen LogP contribution in [0.1, 0.15) is 11.1 Å². The van der Waals surface area contributed by atoms with Crippen LogP contribution in [0.4, 0.5) is 0 Å². The van der Waals surface area contributed by atoms with Gasteiger partial charge in [0, 0.05) is 0 Å². The highest BCUT2D eigenvalue weighted by Gasteiger charge is 2.07. The van der Waals surface area contributed by atoms with Gasteiger partial charge in [-0.3, -0.25) is 9.11 Å². The summed E-state index contributed by atoms with van der Waals surface area (Å²) in [6, 6.07) is 12.0. The summed E-state index contributed by atoms with van der Waals surface area (Å²) in [5.74, 6) is 0. The molecular formula is C14H20O8S2. The summed E-state index contributed by atoms with van der Waals surface area (Å²) in [7, 11) is -8.04. The summed E-state index contributed by atoms with van der Waals surface area (Å²) >= 11 is 0. The van der Waals surface area contributed by atoms with Crippen LogP contribution in [0.5, 0.6) is 0 Å². The fraction of sp³-hybridized carbons (Fsp3) is 0.143. The topological polar surface area (TPSA) is 172 Å². The molecule has 0 amide bonds. The summed E-state index contributed by atoms with van der Waals surface area (Å²) < 4.78 is 59.1. The molecule has 0 unspecified atom stereocenters. The quantitative estimate of drug-likeness (QED) is 0.730. The van der Waals surface area contributed by atoms with Crippen LogP contribution < -0.4 is 0 Å². The maximum absolute atomic E-state index is 10.5. The van der Waals surface area contributed by atoms with E-state index in [4.69, 9.17) is 9.11 Å². The Hall–Kier alpha value is -1.82. The van der Waals surface area contributed by atoms with Crippen LogP contribution in [-0.2, 0) is 20.2 Å². The Kier molecular flexibility index (Phi) is 9.64. The van der Waals surface area contributed by atoms with E-state index < -0.39 is 20.2 Å². The first-order valence-electron chi connectivity index (χ1n) is 6.08. The van der Waals surface area contributed by atoms with Crippen LogP contribution in [-0.4, -0.2) is 36.9 Å². The van der Waals surface area contributed by atoms with Crippen molar-refractivity contribution in [2.75, 3.05) is 0 Å². The molecule has 2 aromatic carbocycles. The highest BCUT2D eigenvalue weighted by molar-refractivity contribution is 7.86. The first-order valence-corrected chi connectivity index (χ1v) is 8.96. The molecule has 0 saturated carbocycles. The summed E-state index contributed by atoms with van der Waals surface area (Å²) in [5.41, 5.74) is 1.91. The predicted octanol–water partition coefficient (Wildman–Crippen LogP) is 0.834. The molecule has 6 N–H and O–H groups in total. The molecule has 0 spiro atoms. The van der Waals surface area contributed by atoms with E-state index >= 15 is 0 Å². The highest BCUT2D eigenvalue weighted by Crippen LogP contribution is 2.09. The third-order valence-corrected chi connectivity index (χ3v) is 4.37. The van der Waals surface area contributed by atoms with Crippen molar-refractivity contribution in [3.05, 3.63) is 59.7 Å². The van der Waals surface area contributed by atoms with E-state index in [1.165, 1.54) is 24.3 Å². The third-order valence-electron chi connectivity index (χ3n) is 2.64. The lowest BCUT2D eigenvalue weighted by molar-refractivity contribution is 0.481. The van der Waals surface area contributed by atoms with Crippen LogP contribution in [0.15, 0.2) is 58.3 Å². The second kappa shape index (κ2) is 9.47. The average Bonchev–Trinajstić information content (AvgIpc) is 2.38. The molecule has 136 valence electrons. The van der Waals surface area contributed by atoms with Crippen molar-refractivity contribution in [1.29, 1.82) is 0 Å². The van der Waals surface area contributed by atoms with Gasteiger partial charge in [0.25, 0.3) is 20.2 Å². The van der Waals surface area contributed by atoms with Crippen molar-refractivity contribution in [2.45, 2.75) is 23.6 Å². The molecular weight excluding hydrogens is 360 g/mol. The third kappa shape index (κ3) is 8.15. The van der Waals surface area contributed by atoms with Crippen LogP contribution >= 0.6 is 0 Å². The number of benzene rings is 2. The Morgan fingerprint density at radius 3 is 0.958 bits per heavy atom. The average molecular weight is 380 g/mol. The van der Waals surface area contributed by atoms with Crippen LogP contribution in [0, 0.1) is 13.8 Å². The molecule has 0 aliphatic carbocycles. The van der Waals surface area contributed by atoms with E-state index in [0.29, 0.717) is 0 Å². The fourth-order valence-corrected chi connectivity index (χ4v) is 2.38. The Labute approximate surface area is 140 Å². The minimum absolute atomic E-state index is 0. The van der Waals surface area contributed by atoms with Crippen LogP contribution in [0.2, 0.25) is 0 Å². The van der Waals surface area contributed by atoms with Gasteiger partial charge < -0.3 is 11.0 Å². The zero-order valence-electron chi connectivity index (χ0n) is 13.0. The van der Waals surface area contributed by atoms with Crippen molar-refractivity contribution in [2.24, 2.45) is 0 Å². The molecule has 0 aliphatic heterocycles. The number of aryl methyl sites for hydroxylation is 2. The molecule has 10 heteroatoms. The Bertz CT molecular complexity index is 750. The van der Waals surface area contributed by atoms with E-state index in [9.17, 15) is 16.8 Å². The SMILES string of the molecule is Cc1ccc(S(=O)(=O)O)cc1.Cc1ccc(S(=O)(=O)O)cc1.O.O. The highest BCUT2D eigenvalue weighted by atomic mass is 32.2. The summed E-state index contributed by atoms with van der Waals surface area (Å²) in [4.78, 5) is -0.133. The maximum Gasteiger partial charge on any atom is 0.294 e. The van der Waals surface area contributed by atoms with E-state index in [-0.39, 0.29) is 20.7 Å². The molecule has 0 aliphatic rings. The summed E-state index contributed by atoms with van der Waals surface area (Å²) in [5, 5.41) is 0. The van der Waals surface area contributed by atoms with Gasteiger partial charge in [-0.05, 0) is 38.1 Å². The first kappa shape index (κ1) is 24.4. The lowest BCUT2D eigenvalue weighted by Gasteiger charge is -1.95. The van der Waals surface area contributed by atoms with Gasteiger partial charge in [0.1, 0.15) is 0 Å². The lowest BCUT2D eigenvalue weighted by atomic mass is 10.2. The van der Waals surface area contributed by atoms with E-state index in [0.717, 1.165) is 11.1 Å². The minimum Gasteiger partial charge on any atom is -0.412 e. The van der Waals surface area contributed by atoms with Gasteiger partial charge in [-0.2, -0.15) is 16.8 Å². The lowest BCUT2D eigenvalue weighted by Crippen LogP contribution is -1.96. The monoisotopic (exact) mass is 380 g/mol. The smallest absolute Gasteiger partial charge is 0.294 e. The van der Waals surface area contributed by atoms with Gasteiger partial charge in [0.2, 0.25) is 0 Å². The van der Waals surface area contributed by atoms with Crippen LogP contribution in [0.25, 0.3) is 0 Å². The largest absolute Gasteiger partial charge is 0.412 e. The van der Waals surface area contributed by atoms with Crippen molar-refractivity contribution in [3.8, 4) is 0 Å². The van der Waals surface area contributed by atoms with Gasteiger partial charge in [0.05, 0.1) is 9.79 Å². The second-order valence-electron chi connectivity index (χ2n) is 4.58. The van der Waals surface area contributed by atoms with Crippen LogP contribution in [0.3, 0.4) is 0 Å². The number of rotatable bonds is 2. The van der Waals surface area contributed by atoms with Gasteiger partial charge in [0.15, 0.2) is 0 Å². The molecule has 0 radical (unpaired) electrons. The van der Waals surface area contributed by atoms with E-state index in [2.05, 4.69) is 0 Å². The predicted molar refractivity (Wildman–Crippen MR) is 89.2 cm³/mol. The zero-order valence-corrected chi connectivity index (χ0v) is 14.6. The van der Waals surface area contributed by atoms with E-state index in [1.54, 1.807) is 24.3 Å². The second-order valence-corrected chi connectivity index (χ2v) is 7.42. The Morgan fingerprint density at radius 1 is 0.583 bits per heavy atom. The molecule has 2 aromatic rings. The van der Waals surface area contributed by atoms with Gasteiger partial charge in [-0.15, -0.1) is 0 Å². The van der Waals surface area contributed by atoms with Gasteiger partial charge in [-0.25, -0.2) is 0 Å². The molecule has 0 bridgehead atoms. The molecule has 0 fully saturated rings. The molecule has 0 saturated heterocycles. The van der Waals surface area contributed by atoms with Crippen molar-refractivity contribution in [3.63, 3.8) is 0 Å². The molecule has 0 heterocycles. The minimum atomic E-state index is -4.02. The van der Waals surface area contributed by atoms with E-state index in [1.807, 2.05) is 13.8 Å². The maximum atomic E-state index is 10.5. The number of hydrogen-bond acceptors (Lipinski definition) is 4. The Balaban J connectivity index is 0. The summed E-state index contributed by atoms with van der Waals surface area (Å²) in [6.07, 6.45) is 0. The summed E-state index contributed by atoms with van der Waals surface area (Å²) in [6.45, 7) is 3.68. The molecule has 2 rings (SSSR count). The van der Waals surface area contributed by atoms with Crippen molar-refractivity contribution >= 4 is 20.2 Å². The standard InChI is InChI=1S/2C7H8O3S.2H2O/c2*1-6-2-4-7(5-3-6)11(8,9)10;;/h2*2-5H,1H3,(H,8,9,10);2*1H2. The Morgan fingerprint density at radius 2 is 0.792 bits per heavy atom. The van der Waals surface area contributed by atoms with Crippen molar-refractivity contribution < 1.29 is 36.9 Å². The molecule has 0 atom stereocenters. The number of hydrogen-bond donors (Lipinski definition) is 2. The fourth-order valence-electron chi connectivity index (χ4n) is 1.42. The first-order chi connectivity index (χ1) is 10.00. The van der Waals surface area contributed by atoms with Gasteiger partial charge in [-0.1, -0.05) is 35.4 Å². The molecule has 8 nitrogen and oxygen atoms in total. The zero-order chi connectivity index (χ0) is 17.0. The molecule has 24 heavy (non-hydrogen) atoms. The van der Waals surface area contributed by atoms with Crippen molar-refractivity contribution in [1.82, 2.24) is 0 Å². The normalized spacial score (nSPS) is 10.5. The molecule has 0 aromatic heterocycles.